The Morgan fingerprint density at radius 1 is 1.17 bits per heavy atom. The van der Waals surface area contributed by atoms with Gasteiger partial charge in [0.2, 0.25) is 0 Å². The molecule has 0 unspecified atom stereocenters. The highest BCUT2D eigenvalue weighted by molar-refractivity contribution is 7.92. The molecule has 4 nitrogen and oxygen atoms in total. The Kier molecular flexibility index (Phi) is 5.31. The Morgan fingerprint density at radius 3 is 2.33 bits per heavy atom. The molecule has 0 aliphatic carbocycles. The van der Waals surface area contributed by atoms with Crippen molar-refractivity contribution in [3.05, 3.63) is 35.9 Å². The summed E-state index contributed by atoms with van der Waals surface area (Å²) in [6.07, 6.45) is 0. The van der Waals surface area contributed by atoms with Crippen LogP contribution in [-0.2, 0) is 21.3 Å². The summed E-state index contributed by atoms with van der Waals surface area (Å²) < 4.78 is 22.9. The molecule has 18 heavy (non-hydrogen) atoms. The topological polar surface area (TPSA) is 55.4 Å². The number of rotatable bonds is 6. The van der Waals surface area contributed by atoms with E-state index in [0.717, 1.165) is 5.56 Å². The highest BCUT2D eigenvalue weighted by atomic mass is 32.2. The van der Waals surface area contributed by atoms with Crippen molar-refractivity contribution >= 4 is 9.84 Å². The van der Waals surface area contributed by atoms with Crippen LogP contribution in [0.2, 0.25) is 0 Å². The van der Waals surface area contributed by atoms with E-state index in [1.165, 1.54) is 0 Å². The van der Waals surface area contributed by atoms with E-state index in [2.05, 4.69) is 5.48 Å². The van der Waals surface area contributed by atoms with Gasteiger partial charge in [0.05, 0.1) is 17.1 Å². The van der Waals surface area contributed by atoms with Gasteiger partial charge in [-0.1, -0.05) is 30.3 Å². The van der Waals surface area contributed by atoms with Crippen LogP contribution in [0.25, 0.3) is 0 Å². The molecule has 102 valence electrons. The lowest BCUT2D eigenvalue weighted by molar-refractivity contribution is 0.0317. The minimum Gasteiger partial charge on any atom is -0.297 e. The molecule has 1 rings (SSSR count). The van der Waals surface area contributed by atoms with Gasteiger partial charge < -0.3 is 0 Å². The first-order chi connectivity index (χ1) is 8.33. The fourth-order valence-electron chi connectivity index (χ4n) is 1.26. The lowest BCUT2D eigenvalue weighted by atomic mass is 10.2. The van der Waals surface area contributed by atoms with Crippen molar-refractivity contribution in [2.45, 2.75) is 32.1 Å². The van der Waals surface area contributed by atoms with Gasteiger partial charge in [-0.3, -0.25) is 4.84 Å². The summed E-state index contributed by atoms with van der Waals surface area (Å²) in [6, 6.07) is 9.71. The molecule has 0 spiro atoms. The van der Waals surface area contributed by atoms with E-state index in [9.17, 15) is 8.42 Å². The molecule has 0 heterocycles. The molecule has 1 aromatic rings. The van der Waals surface area contributed by atoms with E-state index in [-0.39, 0.29) is 5.75 Å². The van der Waals surface area contributed by atoms with Gasteiger partial charge in [0.15, 0.2) is 9.84 Å². The zero-order chi connectivity index (χ0) is 13.6. The fourth-order valence-corrected chi connectivity index (χ4v) is 2.23. The van der Waals surface area contributed by atoms with Crippen LogP contribution in [0.5, 0.6) is 0 Å². The SMILES string of the molecule is CC(C)(C)S(=O)(=O)CCNOCc1ccccc1. The summed E-state index contributed by atoms with van der Waals surface area (Å²) in [5.74, 6) is 0.0747. The van der Waals surface area contributed by atoms with Gasteiger partial charge in [-0.2, -0.15) is 0 Å². The molecule has 5 heteroatoms. The number of hydrogen-bond donors (Lipinski definition) is 1. The van der Waals surface area contributed by atoms with Crippen LogP contribution >= 0.6 is 0 Å². The molecule has 0 saturated heterocycles. The van der Waals surface area contributed by atoms with E-state index in [0.29, 0.717) is 13.2 Å². The second-order valence-electron chi connectivity index (χ2n) is 5.10. The molecule has 0 bridgehead atoms. The Morgan fingerprint density at radius 2 is 1.78 bits per heavy atom. The first-order valence-electron chi connectivity index (χ1n) is 5.94. The molecule has 0 radical (unpaired) electrons. The van der Waals surface area contributed by atoms with Crippen LogP contribution in [0.15, 0.2) is 30.3 Å². The van der Waals surface area contributed by atoms with Gasteiger partial charge in [0, 0.05) is 6.54 Å². The minimum atomic E-state index is -3.09. The predicted octanol–water partition coefficient (Wildman–Crippen LogP) is 1.92. The third-order valence-electron chi connectivity index (χ3n) is 2.59. The molecular weight excluding hydrogens is 250 g/mol. The van der Waals surface area contributed by atoms with Crippen molar-refractivity contribution in [2.24, 2.45) is 0 Å². The lowest BCUT2D eigenvalue weighted by Crippen LogP contribution is -2.34. The first-order valence-corrected chi connectivity index (χ1v) is 7.59. The van der Waals surface area contributed by atoms with Crippen molar-refractivity contribution < 1.29 is 13.3 Å². The zero-order valence-electron chi connectivity index (χ0n) is 11.1. The largest absolute Gasteiger partial charge is 0.297 e. The Labute approximate surface area is 109 Å². The Bertz CT molecular complexity index is 449. The van der Waals surface area contributed by atoms with Crippen LogP contribution in [0.3, 0.4) is 0 Å². The maximum Gasteiger partial charge on any atom is 0.156 e. The smallest absolute Gasteiger partial charge is 0.156 e. The molecule has 0 fully saturated rings. The average molecular weight is 271 g/mol. The van der Waals surface area contributed by atoms with Crippen LogP contribution < -0.4 is 5.48 Å². The van der Waals surface area contributed by atoms with Gasteiger partial charge in [-0.25, -0.2) is 13.9 Å². The molecule has 1 aromatic carbocycles. The molecule has 0 aliphatic heterocycles. The maximum atomic E-state index is 11.8. The number of sulfone groups is 1. The van der Waals surface area contributed by atoms with Gasteiger partial charge in [-0.15, -0.1) is 0 Å². The van der Waals surface area contributed by atoms with Gasteiger partial charge >= 0.3 is 0 Å². The number of hydrogen-bond acceptors (Lipinski definition) is 4. The van der Waals surface area contributed by atoms with E-state index >= 15 is 0 Å². The Balaban J connectivity index is 2.24. The molecule has 0 amide bonds. The second-order valence-corrected chi connectivity index (χ2v) is 7.96. The lowest BCUT2D eigenvalue weighted by Gasteiger charge is -2.19. The third kappa shape index (κ3) is 4.76. The highest BCUT2D eigenvalue weighted by Crippen LogP contribution is 2.15. The molecule has 0 aliphatic rings. The van der Waals surface area contributed by atoms with Crippen LogP contribution in [0.4, 0.5) is 0 Å². The van der Waals surface area contributed by atoms with E-state index < -0.39 is 14.6 Å². The summed E-state index contributed by atoms with van der Waals surface area (Å²) in [5, 5.41) is 0. The fraction of sp³-hybridized carbons (Fsp3) is 0.538. The third-order valence-corrected chi connectivity index (χ3v) is 5.20. The van der Waals surface area contributed by atoms with Crippen molar-refractivity contribution in [1.82, 2.24) is 5.48 Å². The molecule has 0 atom stereocenters. The number of hydroxylamine groups is 1. The monoisotopic (exact) mass is 271 g/mol. The molecule has 1 N–H and O–H groups in total. The van der Waals surface area contributed by atoms with E-state index in [1.807, 2.05) is 30.3 Å². The standard InChI is InChI=1S/C13H21NO3S/c1-13(2,3)18(15,16)10-9-14-17-11-12-7-5-4-6-8-12/h4-8,14H,9-11H2,1-3H3. The van der Waals surface area contributed by atoms with Crippen LogP contribution in [0.1, 0.15) is 26.3 Å². The average Bonchev–Trinajstić information content (AvgIpc) is 2.28. The second kappa shape index (κ2) is 6.31. The zero-order valence-corrected chi connectivity index (χ0v) is 12.0. The van der Waals surface area contributed by atoms with Crippen molar-refractivity contribution in [1.29, 1.82) is 0 Å². The summed E-state index contributed by atoms with van der Waals surface area (Å²) in [5.41, 5.74) is 3.73. The van der Waals surface area contributed by atoms with Crippen LogP contribution in [-0.4, -0.2) is 25.5 Å². The number of nitrogens with one attached hydrogen (secondary N) is 1. The summed E-state index contributed by atoms with van der Waals surface area (Å²) >= 11 is 0. The first kappa shape index (κ1) is 15.1. The maximum absolute atomic E-state index is 11.8. The number of benzene rings is 1. The van der Waals surface area contributed by atoms with Crippen molar-refractivity contribution in [2.75, 3.05) is 12.3 Å². The van der Waals surface area contributed by atoms with Gasteiger partial charge in [-0.05, 0) is 26.3 Å². The predicted molar refractivity (Wildman–Crippen MR) is 72.8 cm³/mol. The highest BCUT2D eigenvalue weighted by Gasteiger charge is 2.28. The van der Waals surface area contributed by atoms with Crippen LogP contribution in [0, 0.1) is 0 Å². The molecule has 0 aromatic heterocycles. The summed E-state index contributed by atoms with van der Waals surface area (Å²) in [7, 11) is -3.09. The molecular formula is C13H21NO3S. The van der Waals surface area contributed by atoms with E-state index in [1.54, 1.807) is 20.8 Å². The summed E-state index contributed by atoms with van der Waals surface area (Å²) in [4.78, 5) is 5.21. The van der Waals surface area contributed by atoms with Gasteiger partial charge in [0.25, 0.3) is 0 Å². The van der Waals surface area contributed by atoms with Crippen molar-refractivity contribution in [3.8, 4) is 0 Å². The Hall–Kier alpha value is -0.910. The van der Waals surface area contributed by atoms with Gasteiger partial charge in [0.1, 0.15) is 0 Å². The minimum absolute atomic E-state index is 0.0747. The summed E-state index contributed by atoms with van der Waals surface area (Å²) in [6.45, 7) is 5.83. The van der Waals surface area contributed by atoms with E-state index in [4.69, 9.17) is 4.84 Å². The normalized spacial score (nSPS) is 12.6. The van der Waals surface area contributed by atoms with Crippen molar-refractivity contribution in [3.63, 3.8) is 0 Å². The quantitative estimate of drug-likeness (QED) is 0.634. The molecule has 0 saturated carbocycles.